The second-order valence-electron chi connectivity index (χ2n) is 4.14. The van der Waals surface area contributed by atoms with Crippen molar-refractivity contribution in [3.8, 4) is 0 Å². The molecule has 3 rings (SSSR count). The number of nitrogens with zero attached hydrogens (tertiary/aromatic N) is 4. The van der Waals surface area contributed by atoms with Crippen LogP contribution in [0.5, 0.6) is 0 Å². The van der Waals surface area contributed by atoms with E-state index in [4.69, 9.17) is 5.73 Å². The van der Waals surface area contributed by atoms with E-state index >= 15 is 0 Å². The van der Waals surface area contributed by atoms with Crippen molar-refractivity contribution in [1.29, 1.82) is 0 Å². The number of nitrogens with two attached hydrogens (primary N) is 1. The van der Waals surface area contributed by atoms with Crippen molar-refractivity contribution in [3.05, 3.63) is 30.2 Å². The van der Waals surface area contributed by atoms with Gasteiger partial charge in [0.2, 0.25) is 0 Å². The van der Waals surface area contributed by atoms with Crippen LogP contribution in [-0.4, -0.2) is 19.6 Å². The van der Waals surface area contributed by atoms with E-state index in [0.29, 0.717) is 5.82 Å². The molecule has 0 amide bonds. The Morgan fingerprint density at radius 2 is 2.00 bits per heavy atom. The molecule has 0 atom stereocenters. The van der Waals surface area contributed by atoms with Crippen molar-refractivity contribution in [2.75, 3.05) is 5.73 Å². The Bertz CT molecular complexity index is 437. The fraction of sp³-hybridized carbons (Fsp3) is 0.538. The molecule has 1 aliphatic carbocycles. The van der Waals surface area contributed by atoms with Crippen molar-refractivity contribution in [1.82, 2.24) is 19.6 Å². The monoisotopic (exact) mass is 249 g/mol. The summed E-state index contributed by atoms with van der Waals surface area (Å²) < 4.78 is 3.73. The first-order valence-electron chi connectivity index (χ1n) is 6.41. The normalized spacial score (nSPS) is 13.1. The second-order valence-corrected chi connectivity index (χ2v) is 4.14. The standard InChI is InChI=1S/C7H10N2.C4H7N3.C2H6/c1-6-4-8-9(5-6)7-2-3-7;1-7-3-2-4(5)6-7;1-2/h4-5,7H,2-3H2,1H3;2-3H,1H3,(H2,5,6);1-2H3. The van der Waals surface area contributed by atoms with Crippen LogP contribution in [0, 0.1) is 6.92 Å². The van der Waals surface area contributed by atoms with Crippen LogP contribution in [0.2, 0.25) is 0 Å². The number of anilines is 1. The van der Waals surface area contributed by atoms with Crippen molar-refractivity contribution in [3.63, 3.8) is 0 Å². The molecule has 0 saturated heterocycles. The molecule has 0 aromatic carbocycles. The third kappa shape index (κ3) is 4.61. The van der Waals surface area contributed by atoms with Crippen molar-refractivity contribution in [2.24, 2.45) is 7.05 Å². The van der Waals surface area contributed by atoms with Gasteiger partial charge in [-0.05, 0) is 31.4 Å². The van der Waals surface area contributed by atoms with E-state index in [1.165, 1.54) is 18.4 Å². The highest BCUT2D eigenvalue weighted by Crippen LogP contribution is 2.33. The van der Waals surface area contributed by atoms with E-state index in [1.807, 2.05) is 27.1 Å². The molecule has 0 aliphatic heterocycles. The van der Waals surface area contributed by atoms with Gasteiger partial charge in [-0.15, -0.1) is 0 Å². The number of aromatic nitrogens is 4. The van der Waals surface area contributed by atoms with E-state index < -0.39 is 0 Å². The van der Waals surface area contributed by atoms with Gasteiger partial charge in [0.15, 0.2) is 0 Å². The van der Waals surface area contributed by atoms with Gasteiger partial charge < -0.3 is 5.73 Å². The molecule has 5 heteroatoms. The molecule has 0 spiro atoms. The zero-order valence-electron chi connectivity index (χ0n) is 11.7. The van der Waals surface area contributed by atoms with E-state index in [-0.39, 0.29) is 0 Å². The predicted octanol–water partition coefficient (Wildman–Crippen LogP) is 2.55. The van der Waals surface area contributed by atoms with Gasteiger partial charge >= 0.3 is 0 Å². The highest BCUT2D eigenvalue weighted by molar-refractivity contribution is 5.23. The molecule has 18 heavy (non-hydrogen) atoms. The van der Waals surface area contributed by atoms with E-state index in [2.05, 4.69) is 28.0 Å². The quantitative estimate of drug-likeness (QED) is 0.845. The summed E-state index contributed by atoms with van der Waals surface area (Å²) in [6.45, 7) is 6.08. The first-order valence-corrected chi connectivity index (χ1v) is 6.41. The van der Waals surface area contributed by atoms with Gasteiger partial charge in [-0.2, -0.15) is 10.2 Å². The first kappa shape index (κ1) is 14.3. The van der Waals surface area contributed by atoms with Crippen LogP contribution < -0.4 is 5.73 Å². The number of rotatable bonds is 1. The zero-order chi connectivity index (χ0) is 13.5. The maximum absolute atomic E-state index is 5.25. The number of hydrogen-bond acceptors (Lipinski definition) is 3. The summed E-state index contributed by atoms with van der Waals surface area (Å²) in [5.41, 5.74) is 6.51. The SMILES string of the molecule is CC.Cc1cnn(C2CC2)c1.Cn1ccc(N)n1. The smallest absolute Gasteiger partial charge is 0.145 e. The lowest BCUT2D eigenvalue weighted by Gasteiger charge is -1.91. The average Bonchev–Trinajstić information content (AvgIpc) is 3.02. The van der Waals surface area contributed by atoms with Crippen LogP contribution >= 0.6 is 0 Å². The maximum Gasteiger partial charge on any atom is 0.145 e. The summed E-state index contributed by atoms with van der Waals surface area (Å²) in [6.07, 6.45) is 8.47. The van der Waals surface area contributed by atoms with E-state index in [1.54, 1.807) is 16.9 Å². The summed E-state index contributed by atoms with van der Waals surface area (Å²) in [6, 6.07) is 2.48. The minimum Gasteiger partial charge on any atom is -0.382 e. The third-order valence-electron chi connectivity index (χ3n) is 2.39. The zero-order valence-corrected chi connectivity index (χ0v) is 11.7. The summed E-state index contributed by atoms with van der Waals surface area (Å²) in [5.74, 6) is 0.572. The van der Waals surface area contributed by atoms with Crippen LogP contribution in [-0.2, 0) is 7.05 Å². The highest BCUT2D eigenvalue weighted by Gasteiger charge is 2.23. The average molecular weight is 249 g/mol. The van der Waals surface area contributed by atoms with Gasteiger partial charge in [0.25, 0.3) is 0 Å². The lowest BCUT2D eigenvalue weighted by molar-refractivity contribution is 0.641. The fourth-order valence-corrected chi connectivity index (χ4v) is 1.40. The Labute approximate surface area is 109 Å². The van der Waals surface area contributed by atoms with Gasteiger partial charge in [-0.3, -0.25) is 9.36 Å². The van der Waals surface area contributed by atoms with Gasteiger partial charge in [0.05, 0.1) is 12.2 Å². The number of hydrogen-bond donors (Lipinski definition) is 1. The lowest BCUT2D eigenvalue weighted by atomic mass is 10.4. The van der Waals surface area contributed by atoms with Gasteiger partial charge in [-0.1, -0.05) is 13.8 Å². The Morgan fingerprint density at radius 3 is 2.28 bits per heavy atom. The molecule has 2 aromatic rings. The van der Waals surface area contributed by atoms with Crippen LogP contribution in [0.3, 0.4) is 0 Å². The lowest BCUT2D eigenvalue weighted by Crippen LogP contribution is -1.91. The number of aryl methyl sites for hydroxylation is 2. The van der Waals surface area contributed by atoms with Crippen LogP contribution in [0.1, 0.15) is 38.3 Å². The molecule has 1 fully saturated rings. The van der Waals surface area contributed by atoms with Crippen molar-refractivity contribution in [2.45, 2.75) is 39.7 Å². The van der Waals surface area contributed by atoms with Crippen LogP contribution in [0.15, 0.2) is 24.7 Å². The molecule has 2 aromatic heterocycles. The molecular formula is C13H23N5. The Morgan fingerprint density at radius 1 is 1.33 bits per heavy atom. The molecule has 2 heterocycles. The summed E-state index contributed by atoms with van der Waals surface area (Å²) in [4.78, 5) is 0. The summed E-state index contributed by atoms with van der Waals surface area (Å²) >= 11 is 0. The molecular weight excluding hydrogens is 226 g/mol. The Balaban J connectivity index is 0.000000163. The number of nitrogen functional groups attached to an aromatic ring is 1. The van der Waals surface area contributed by atoms with E-state index in [0.717, 1.165) is 6.04 Å². The third-order valence-corrected chi connectivity index (χ3v) is 2.39. The second kappa shape index (κ2) is 6.83. The Kier molecular flexibility index (Phi) is 5.42. The topological polar surface area (TPSA) is 61.7 Å². The Hall–Kier alpha value is -1.78. The van der Waals surface area contributed by atoms with Crippen molar-refractivity contribution >= 4 is 5.82 Å². The predicted molar refractivity (Wildman–Crippen MR) is 74.2 cm³/mol. The minimum absolute atomic E-state index is 0.572. The van der Waals surface area contributed by atoms with E-state index in [9.17, 15) is 0 Å². The minimum atomic E-state index is 0.572. The molecule has 1 aliphatic rings. The molecule has 1 saturated carbocycles. The van der Waals surface area contributed by atoms with Gasteiger partial charge in [-0.25, -0.2) is 0 Å². The molecule has 100 valence electrons. The molecule has 0 unspecified atom stereocenters. The van der Waals surface area contributed by atoms with Crippen LogP contribution in [0.25, 0.3) is 0 Å². The molecule has 5 nitrogen and oxygen atoms in total. The van der Waals surface area contributed by atoms with Gasteiger partial charge in [0.1, 0.15) is 5.82 Å². The largest absolute Gasteiger partial charge is 0.382 e. The van der Waals surface area contributed by atoms with Gasteiger partial charge in [0, 0.05) is 19.4 Å². The molecule has 0 bridgehead atoms. The molecule has 0 radical (unpaired) electrons. The first-order chi connectivity index (χ1) is 8.65. The highest BCUT2D eigenvalue weighted by atomic mass is 15.3. The van der Waals surface area contributed by atoms with Crippen molar-refractivity contribution < 1.29 is 0 Å². The molecule has 2 N–H and O–H groups in total. The maximum atomic E-state index is 5.25. The summed E-state index contributed by atoms with van der Waals surface area (Å²) in [5, 5.41) is 8.00. The van der Waals surface area contributed by atoms with Crippen LogP contribution in [0.4, 0.5) is 5.82 Å². The summed E-state index contributed by atoms with van der Waals surface area (Å²) in [7, 11) is 1.83. The fourth-order valence-electron chi connectivity index (χ4n) is 1.40.